The van der Waals surface area contributed by atoms with Crippen molar-refractivity contribution in [3.8, 4) is 5.75 Å². The summed E-state index contributed by atoms with van der Waals surface area (Å²) in [6.45, 7) is 3.73. The van der Waals surface area contributed by atoms with Gasteiger partial charge in [-0.05, 0) is 50.9 Å². The number of benzene rings is 1. The van der Waals surface area contributed by atoms with Gasteiger partial charge in [0.1, 0.15) is 5.75 Å². The number of halogens is 3. The molecule has 0 saturated carbocycles. The molecule has 2 heterocycles. The molecular weight excluding hydrogens is 375 g/mol. The maximum absolute atomic E-state index is 12.5. The molecule has 1 saturated heterocycles. The van der Waals surface area contributed by atoms with Gasteiger partial charge in [-0.15, -0.1) is 18.3 Å². The molecule has 10 heteroatoms. The summed E-state index contributed by atoms with van der Waals surface area (Å²) in [5.74, 6) is -0.663. The zero-order chi connectivity index (χ0) is 20.1. The molecule has 2 N–H and O–H groups in total. The molecular formula is C18H22F3N5O2. The molecule has 1 aromatic carbocycles. The molecule has 28 heavy (non-hydrogen) atoms. The minimum atomic E-state index is -4.76. The molecule has 1 amide bonds. The Hall–Kier alpha value is -2.62. The number of amides is 1. The van der Waals surface area contributed by atoms with Crippen molar-refractivity contribution < 1.29 is 22.7 Å². The third-order valence-corrected chi connectivity index (χ3v) is 4.68. The van der Waals surface area contributed by atoms with Crippen LogP contribution >= 0.6 is 0 Å². The van der Waals surface area contributed by atoms with E-state index in [0.717, 1.165) is 25.9 Å². The standard InChI is InChI=1S/C18H22F3N5O2/c1-12-16(24-25-26(12)14-7-9-22-10-8-14)17(27)23-11-6-13-4-2-3-5-15(13)28-18(19,20)21/h2-5,14,22H,6-11H2,1H3,(H,23,27). The van der Waals surface area contributed by atoms with Gasteiger partial charge < -0.3 is 15.4 Å². The topological polar surface area (TPSA) is 81.1 Å². The number of aromatic nitrogens is 3. The van der Waals surface area contributed by atoms with Crippen LogP contribution < -0.4 is 15.4 Å². The van der Waals surface area contributed by atoms with Crippen molar-refractivity contribution >= 4 is 5.91 Å². The van der Waals surface area contributed by atoms with Crippen molar-refractivity contribution in [2.75, 3.05) is 19.6 Å². The number of rotatable bonds is 6. The lowest BCUT2D eigenvalue weighted by atomic mass is 10.1. The van der Waals surface area contributed by atoms with Gasteiger partial charge in [-0.2, -0.15) is 0 Å². The summed E-state index contributed by atoms with van der Waals surface area (Å²) in [7, 11) is 0. The molecule has 0 spiro atoms. The fourth-order valence-corrected chi connectivity index (χ4v) is 3.28. The Labute approximate surface area is 160 Å². The van der Waals surface area contributed by atoms with Gasteiger partial charge in [0.2, 0.25) is 0 Å². The lowest BCUT2D eigenvalue weighted by molar-refractivity contribution is -0.274. The predicted molar refractivity (Wildman–Crippen MR) is 95.1 cm³/mol. The molecule has 0 radical (unpaired) electrons. The number of carbonyl (C=O) groups excluding carboxylic acids is 1. The first-order valence-corrected chi connectivity index (χ1v) is 9.09. The summed E-state index contributed by atoms with van der Waals surface area (Å²) >= 11 is 0. The molecule has 0 unspecified atom stereocenters. The van der Waals surface area contributed by atoms with E-state index >= 15 is 0 Å². The number of hydrogen-bond donors (Lipinski definition) is 2. The number of piperidine rings is 1. The van der Waals surface area contributed by atoms with Gasteiger partial charge in [-0.1, -0.05) is 23.4 Å². The van der Waals surface area contributed by atoms with Crippen molar-refractivity contribution in [1.29, 1.82) is 0 Å². The quantitative estimate of drug-likeness (QED) is 0.782. The minimum absolute atomic E-state index is 0.150. The Balaban J connectivity index is 1.59. The number of para-hydroxylation sites is 1. The number of carbonyl (C=O) groups is 1. The summed E-state index contributed by atoms with van der Waals surface area (Å²) in [6.07, 6.45) is -2.73. The van der Waals surface area contributed by atoms with Crippen LogP contribution in [-0.4, -0.2) is 46.9 Å². The minimum Gasteiger partial charge on any atom is -0.406 e. The van der Waals surface area contributed by atoms with E-state index in [4.69, 9.17) is 0 Å². The number of hydrogen-bond acceptors (Lipinski definition) is 5. The third kappa shape index (κ3) is 5.00. The smallest absolute Gasteiger partial charge is 0.406 e. The Morgan fingerprint density at radius 1 is 1.32 bits per heavy atom. The molecule has 3 rings (SSSR count). The zero-order valence-corrected chi connectivity index (χ0v) is 15.4. The van der Waals surface area contributed by atoms with Gasteiger partial charge in [-0.3, -0.25) is 4.79 Å². The highest BCUT2D eigenvalue weighted by atomic mass is 19.4. The van der Waals surface area contributed by atoms with Gasteiger partial charge in [0.15, 0.2) is 5.69 Å². The van der Waals surface area contributed by atoms with Crippen LogP contribution in [-0.2, 0) is 6.42 Å². The van der Waals surface area contributed by atoms with Crippen molar-refractivity contribution in [3.63, 3.8) is 0 Å². The van der Waals surface area contributed by atoms with Gasteiger partial charge in [-0.25, -0.2) is 4.68 Å². The Morgan fingerprint density at radius 3 is 2.75 bits per heavy atom. The largest absolute Gasteiger partial charge is 0.573 e. The van der Waals surface area contributed by atoms with Crippen LogP contribution in [0.15, 0.2) is 24.3 Å². The van der Waals surface area contributed by atoms with E-state index in [0.29, 0.717) is 11.3 Å². The predicted octanol–water partition coefficient (Wildman–Crippen LogP) is 2.38. The first kappa shape index (κ1) is 20.1. The first-order valence-electron chi connectivity index (χ1n) is 9.09. The normalized spacial score (nSPS) is 15.4. The second kappa shape index (κ2) is 8.59. The highest BCUT2D eigenvalue weighted by molar-refractivity contribution is 5.93. The lowest BCUT2D eigenvalue weighted by Crippen LogP contribution is -2.30. The van der Waals surface area contributed by atoms with Crippen molar-refractivity contribution in [2.24, 2.45) is 0 Å². The lowest BCUT2D eigenvalue weighted by Gasteiger charge is -2.23. The molecule has 0 atom stereocenters. The molecule has 2 aromatic rings. The SMILES string of the molecule is Cc1c(C(=O)NCCc2ccccc2OC(F)(F)F)nnn1C1CCNCC1. The Bertz CT molecular complexity index is 816. The summed E-state index contributed by atoms with van der Waals surface area (Å²) in [4.78, 5) is 12.4. The molecule has 7 nitrogen and oxygen atoms in total. The average molecular weight is 397 g/mol. The van der Waals surface area contributed by atoms with Crippen LogP contribution in [0.3, 0.4) is 0 Å². The van der Waals surface area contributed by atoms with E-state index < -0.39 is 12.3 Å². The van der Waals surface area contributed by atoms with Crippen LogP contribution in [0.5, 0.6) is 5.75 Å². The molecule has 0 bridgehead atoms. The van der Waals surface area contributed by atoms with E-state index in [-0.39, 0.29) is 30.5 Å². The van der Waals surface area contributed by atoms with Crippen LogP contribution in [0, 0.1) is 6.92 Å². The number of nitrogens with zero attached hydrogens (tertiary/aromatic N) is 3. The second-order valence-corrected chi connectivity index (χ2v) is 6.61. The maximum atomic E-state index is 12.5. The first-order chi connectivity index (χ1) is 13.3. The monoisotopic (exact) mass is 397 g/mol. The van der Waals surface area contributed by atoms with E-state index in [9.17, 15) is 18.0 Å². The fraction of sp³-hybridized carbons (Fsp3) is 0.500. The van der Waals surface area contributed by atoms with Gasteiger partial charge in [0, 0.05) is 6.54 Å². The average Bonchev–Trinajstić information content (AvgIpc) is 3.04. The zero-order valence-electron chi connectivity index (χ0n) is 15.4. The number of ether oxygens (including phenoxy) is 1. The molecule has 1 aromatic heterocycles. The summed E-state index contributed by atoms with van der Waals surface area (Å²) in [5, 5.41) is 14.1. The van der Waals surface area contributed by atoms with E-state index in [1.165, 1.54) is 18.2 Å². The maximum Gasteiger partial charge on any atom is 0.573 e. The molecule has 1 fully saturated rings. The summed E-state index contributed by atoms with van der Waals surface area (Å²) in [5.41, 5.74) is 1.28. The van der Waals surface area contributed by atoms with Crippen LogP contribution in [0.2, 0.25) is 0 Å². The van der Waals surface area contributed by atoms with Crippen LogP contribution in [0.25, 0.3) is 0 Å². The third-order valence-electron chi connectivity index (χ3n) is 4.68. The van der Waals surface area contributed by atoms with Crippen molar-refractivity contribution in [2.45, 2.75) is 38.6 Å². The van der Waals surface area contributed by atoms with Crippen LogP contribution in [0.1, 0.15) is 40.6 Å². The van der Waals surface area contributed by atoms with E-state index in [1.807, 2.05) is 0 Å². The summed E-state index contributed by atoms with van der Waals surface area (Å²) in [6, 6.07) is 6.08. The molecule has 152 valence electrons. The van der Waals surface area contributed by atoms with Crippen molar-refractivity contribution in [3.05, 3.63) is 41.2 Å². The van der Waals surface area contributed by atoms with Gasteiger partial charge in [0.05, 0.1) is 11.7 Å². The fourth-order valence-electron chi connectivity index (χ4n) is 3.28. The summed E-state index contributed by atoms with van der Waals surface area (Å²) < 4.78 is 43.2. The van der Waals surface area contributed by atoms with E-state index in [1.54, 1.807) is 17.7 Å². The second-order valence-electron chi connectivity index (χ2n) is 6.61. The molecule has 1 aliphatic rings. The van der Waals surface area contributed by atoms with Crippen LogP contribution in [0.4, 0.5) is 13.2 Å². The Morgan fingerprint density at radius 2 is 2.04 bits per heavy atom. The van der Waals surface area contributed by atoms with E-state index in [2.05, 4.69) is 25.7 Å². The van der Waals surface area contributed by atoms with Gasteiger partial charge in [0.25, 0.3) is 5.91 Å². The highest BCUT2D eigenvalue weighted by Crippen LogP contribution is 2.26. The Kier molecular flexibility index (Phi) is 6.18. The molecule has 0 aliphatic carbocycles. The van der Waals surface area contributed by atoms with Crippen molar-refractivity contribution in [1.82, 2.24) is 25.6 Å². The number of alkyl halides is 3. The highest BCUT2D eigenvalue weighted by Gasteiger charge is 2.32. The molecule has 1 aliphatic heterocycles. The number of nitrogens with one attached hydrogen (secondary N) is 2. The van der Waals surface area contributed by atoms with Gasteiger partial charge >= 0.3 is 6.36 Å².